The Bertz CT molecular complexity index is 855. The number of hydrogen-bond donors (Lipinski definition) is 2. The van der Waals surface area contributed by atoms with Crippen LogP contribution in [0.4, 0.5) is 20.8 Å². The second-order valence-corrected chi connectivity index (χ2v) is 7.79. The summed E-state index contributed by atoms with van der Waals surface area (Å²) in [7, 11) is 0. The molecule has 0 radical (unpaired) electrons. The summed E-state index contributed by atoms with van der Waals surface area (Å²) in [6.07, 6.45) is 0.691. The molecule has 0 bridgehead atoms. The van der Waals surface area contributed by atoms with Crippen LogP contribution in [0.5, 0.6) is 0 Å². The number of aromatic amines is 1. The van der Waals surface area contributed by atoms with E-state index in [-0.39, 0.29) is 5.82 Å². The Morgan fingerprint density at radius 2 is 2.08 bits per heavy atom. The second kappa shape index (κ2) is 5.93. The third-order valence-electron chi connectivity index (χ3n) is 4.19. The van der Waals surface area contributed by atoms with Gasteiger partial charge in [-0.15, -0.1) is 0 Å². The molecule has 140 valence electrons. The van der Waals surface area contributed by atoms with E-state index in [1.54, 1.807) is 11.8 Å². The van der Waals surface area contributed by atoms with E-state index in [0.29, 0.717) is 18.2 Å². The van der Waals surface area contributed by atoms with Crippen LogP contribution in [-0.2, 0) is 16.8 Å². The molecule has 3 heterocycles. The normalized spacial score (nSPS) is 15.7. The molecule has 2 N–H and O–H groups in total. The summed E-state index contributed by atoms with van der Waals surface area (Å²) < 4.78 is 19.4. The number of aryl methyl sites for hydroxylation is 1. The number of ether oxygens (including phenoxy) is 1. The summed E-state index contributed by atoms with van der Waals surface area (Å²) in [5.74, 6) is 0.335. The maximum atomic E-state index is 13.9. The summed E-state index contributed by atoms with van der Waals surface area (Å²) in [6, 6.07) is 0. The average molecular weight is 362 g/mol. The number of carbonyl (C=O) groups excluding carboxylic acids is 1. The zero-order valence-electron chi connectivity index (χ0n) is 15.8. The highest BCUT2D eigenvalue weighted by Crippen LogP contribution is 2.41. The van der Waals surface area contributed by atoms with Crippen molar-refractivity contribution in [1.82, 2.24) is 25.1 Å². The van der Waals surface area contributed by atoms with Crippen molar-refractivity contribution in [2.24, 2.45) is 0 Å². The van der Waals surface area contributed by atoms with E-state index in [0.717, 1.165) is 17.5 Å². The molecule has 2 aromatic heterocycles. The lowest BCUT2D eigenvalue weighted by Gasteiger charge is -2.33. The summed E-state index contributed by atoms with van der Waals surface area (Å²) >= 11 is 0. The van der Waals surface area contributed by atoms with Crippen molar-refractivity contribution in [1.29, 1.82) is 0 Å². The third kappa shape index (κ3) is 3.21. The SMILES string of the molecule is Cc1ncc(F)c(Nc2n[nH]c3c2CN(C(=O)OC(C)(C)C)C3(C)C)n1. The number of H-pyrrole nitrogens is 1. The van der Waals surface area contributed by atoms with Crippen molar-refractivity contribution in [2.45, 2.75) is 59.2 Å². The van der Waals surface area contributed by atoms with E-state index in [9.17, 15) is 9.18 Å². The van der Waals surface area contributed by atoms with Crippen LogP contribution >= 0.6 is 0 Å². The Morgan fingerprint density at radius 3 is 2.73 bits per heavy atom. The number of nitrogens with zero attached hydrogens (tertiary/aromatic N) is 4. The summed E-state index contributed by atoms with van der Waals surface area (Å²) in [5, 5.41) is 10.1. The van der Waals surface area contributed by atoms with E-state index < -0.39 is 23.1 Å². The van der Waals surface area contributed by atoms with Gasteiger partial charge in [0.2, 0.25) is 0 Å². The fraction of sp³-hybridized carbons (Fsp3) is 0.529. The monoisotopic (exact) mass is 362 g/mol. The van der Waals surface area contributed by atoms with Gasteiger partial charge in [0.25, 0.3) is 0 Å². The largest absolute Gasteiger partial charge is 0.444 e. The van der Waals surface area contributed by atoms with Gasteiger partial charge >= 0.3 is 6.09 Å². The van der Waals surface area contributed by atoms with Gasteiger partial charge in [-0.25, -0.2) is 19.2 Å². The van der Waals surface area contributed by atoms with Crippen LogP contribution in [0, 0.1) is 12.7 Å². The number of fused-ring (bicyclic) bond motifs is 1. The zero-order valence-corrected chi connectivity index (χ0v) is 15.8. The first kappa shape index (κ1) is 18.1. The van der Waals surface area contributed by atoms with Gasteiger partial charge in [0.05, 0.1) is 24.0 Å². The number of anilines is 2. The van der Waals surface area contributed by atoms with Crippen LogP contribution in [0.15, 0.2) is 6.20 Å². The molecule has 8 nitrogen and oxygen atoms in total. The first-order valence-corrected chi connectivity index (χ1v) is 8.33. The van der Waals surface area contributed by atoms with Crippen molar-refractivity contribution in [3.63, 3.8) is 0 Å². The number of amides is 1. The molecule has 1 aliphatic rings. The van der Waals surface area contributed by atoms with Gasteiger partial charge in [0.15, 0.2) is 17.5 Å². The highest BCUT2D eigenvalue weighted by Gasteiger charge is 2.45. The first-order chi connectivity index (χ1) is 12.0. The van der Waals surface area contributed by atoms with Crippen molar-refractivity contribution in [3.8, 4) is 0 Å². The standard InChI is InChI=1S/C17H23FN6O2/c1-9-19-7-11(18)14(20-9)21-13-10-8-24(15(25)26-16(2,3)4)17(5,6)12(10)22-23-13/h7H,8H2,1-6H3,(H2,19,20,21,22,23). The van der Waals surface area contributed by atoms with Crippen LogP contribution < -0.4 is 5.32 Å². The predicted octanol–water partition coefficient (Wildman–Crippen LogP) is 3.38. The van der Waals surface area contributed by atoms with Gasteiger partial charge in [-0.1, -0.05) is 0 Å². The Hall–Kier alpha value is -2.71. The molecule has 0 saturated heterocycles. The third-order valence-corrected chi connectivity index (χ3v) is 4.19. The van der Waals surface area contributed by atoms with Crippen LogP contribution in [0.1, 0.15) is 51.7 Å². The molecule has 0 aromatic carbocycles. The topological polar surface area (TPSA) is 96.0 Å². The summed E-state index contributed by atoms with van der Waals surface area (Å²) in [4.78, 5) is 22.1. The Labute approximate surface area is 151 Å². The van der Waals surface area contributed by atoms with Gasteiger partial charge in [-0.05, 0) is 41.5 Å². The van der Waals surface area contributed by atoms with Crippen molar-refractivity contribution >= 4 is 17.7 Å². The molecule has 0 fully saturated rings. The molecule has 3 rings (SSSR count). The van der Waals surface area contributed by atoms with Crippen LogP contribution in [0.2, 0.25) is 0 Å². The van der Waals surface area contributed by atoms with E-state index in [4.69, 9.17) is 4.74 Å². The molecule has 0 atom stereocenters. The number of halogens is 1. The lowest BCUT2D eigenvalue weighted by atomic mass is 10.0. The van der Waals surface area contributed by atoms with Gasteiger partial charge in [0.1, 0.15) is 11.4 Å². The van der Waals surface area contributed by atoms with E-state index >= 15 is 0 Å². The number of hydrogen-bond acceptors (Lipinski definition) is 6. The minimum absolute atomic E-state index is 0.0420. The smallest absolute Gasteiger partial charge is 0.411 e. The number of carbonyl (C=O) groups is 1. The van der Waals surface area contributed by atoms with E-state index in [2.05, 4.69) is 25.5 Å². The Balaban J connectivity index is 1.89. The first-order valence-electron chi connectivity index (χ1n) is 8.33. The minimum Gasteiger partial charge on any atom is -0.444 e. The Kier molecular flexibility index (Phi) is 4.12. The number of nitrogens with one attached hydrogen (secondary N) is 2. The van der Waals surface area contributed by atoms with E-state index in [1.165, 1.54) is 0 Å². The quantitative estimate of drug-likeness (QED) is 0.850. The van der Waals surface area contributed by atoms with Gasteiger partial charge < -0.3 is 10.1 Å². The number of aromatic nitrogens is 4. The maximum Gasteiger partial charge on any atom is 0.411 e. The second-order valence-electron chi connectivity index (χ2n) is 7.79. The molecule has 0 unspecified atom stereocenters. The molecule has 0 aliphatic carbocycles. The van der Waals surface area contributed by atoms with Crippen LogP contribution in [0.25, 0.3) is 0 Å². The van der Waals surface area contributed by atoms with Crippen molar-refractivity contribution < 1.29 is 13.9 Å². The molecule has 0 spiro atoms. The van der Waals surface area contributed by atoms with Gasteiger partial charge in [-0.3, -0.25) is 10.00 Å². The van der Waals surface area contributed by atoms with Crippen molar-refractivity contribution in [2.75, 3.05) is 5.32 Å². The van der Waals surface area contributed by atoms with Crippen LogP contribution in [0.3, 0.4) is 0 Å². The molecule has 26 heavy (non-hydrogen) atoms. The van der Waals surface area contributed by atoms with Crippen molar-refractivity contribution in [3.05, 3.63) is 29.1 Å². The van der Waals surface area contributed by atoms with E-state index in [1.807, 2.05) is 34.6 Å². The maximum absolute atomic E-state index is 13.9. The molecule has 1 aliphatic heterocycles. The summed E-state index contributed by atoms with van der Waals surface area (Å²) in [5.41, 5.74) is 0.323. The average Bonchev–Trinajstić information content (AvgIpc) is 3.00. The highest BCUT2D eigenvalue weighted by atomic mass is 19.1. The lowest BCUT2D eigenvalue weighted by molar-refractivity contribution is 0.00452. The fourth-order valence-corrected chi connectivity index (χ4v) is 2.88. The van der Waals surface area contributed by atoms with Gasteiger partial charge in [-0.2, -0.15) is 5.10 Å². The molecule has 1 amide bonds. The lowest BCUT2D eigenvalue weighted by Crippen LogP contribution is -2.43. The zero-order chi connectivity index (χ0) is 19.3. The molecule has 2 aromatic rings. The molecular formula is C17H23FN6O2. The van der Waals surface area contributed by atoms with Gasteiger partial charge in [0, 0.05) is 5.56 Å². The molecular weight excluding hydrogens is 339 g/mol. The summed E-state index contributed by atoms with van der Waals surface area (Å²) in [6.45, 7) is 11.2. The Morgan fingerprint density at radius 1 is 1.38 bits per heavy atom. The molecule has 9 heteroatoms. The molecule has 0 saturated carbocycles. The predicted molar refractivity (Wildman–Crippen MR) is 93.4 cm³/mol. The fourth-order valence-electron chi connectivity index (χ4n) is 2.88. The minimum atomic E-state index is -0.634. The highest BCUT2D eigenvalue weighted by molar-refractivity contribution is 5.72. The number of rotatable bonds is 2. The van der Waals surface area contributed by atoms with Crippen LogP contribution in [-0.4, -0.2) is 36.8 Å².